The second-order valence-electron chi connectivity index (χ2n) is 4.43. The summed E-state index contributed by atoms with van der Waals surface area (Å²) in [6, 6.07) is 6.69. The first-order valence-electron chi connectivity index (χ1n) is 6.20. The van der Waals surface area contributed by atoms with Crippen LogP contribution in [0.25, 0.3) is 0 Å². The van der Waals surface area contributed by atoms with Crippen LogP contribution in [0.4, 0.5) is 0 Å². The maximum Gasteiger partial charge on any atom is 0.303 e. The van der Waals surface area contributed by atoms with Crippen molar-refractivity contribution in [3.8, 4) is 5.75 Å². The van der Waals surface area contributed by atoms with E-state index in [2.05, 4.69) is 4.72 Å². The number of benzene rings is 1. The summed E-state index contributed by atoms with van der Waals surface area (Å²) in [5, 5.41) is 8.49. The van der Waals surface area contributed by atoms with E-state index in [4.69, 9.17) is 9.84 Å². The van der Waals surface area contributed by atoms with Gasteiger partial charge in [-0.1, -0.05) is 12.1 Å². The van der Waals surface area contributed by atoms with Gasteiger partial charge in [-0.2, -0.15) is 0 Å². The Balaban J connectivity index is 2.58. The lowest BCUT2D eigenvalue weighted by molar-refractivity contribution is -0.137. The van der Waals surface area contributed by atoms with Crippen molar-refractivity contribution in [3.05, 3.63) is 29.8 Å². The van der Waals surface area contributed by atoms with Crippen LogP contribution in [0.1, 0.15) is 31.4 Å². The van der Waals surface area contributed by atoms with Gasteiger partial charge in [0, 0.05) is 12.5 Å². The highest BCUT2D eigenvalue weighted by molar-refractivity contribution is 7.89. The predicted molar refractivity (Wildman–Crippen MR) is 75.2 cm³/mol. The maximum atomic E-state index is 11.8. The average molecular weight is 301 g/mol. The molecule has 2 N–H and O–H groups in total. The lowest BCUT2D eigenvalue weighted by atomic mass is 10.1. The van der Waals surface area contributed by atoms with Crippen LogP contribution in [0.15, 0.2) is 24.3 Å². The fourth-order valence-electron chi connectivity index (χ4n) is 1.70. The summed E-state index contributed by atoms with van der Waals surface area (Å²) in [4.78, 5) is 10.4. The van der Waals surface area contributed by atoms with Crippen LogP contribution in [-0.4, -0.2) is 32.4 Å². The summed E-state index contributed by atoms with van der Waals surface area (Å²) in [6.45, 7) is 1.73. The van der Waals surface area contributed by atoms with Crippen molar-refractivity contribution in [2.45, 2.75) is 25.8 Å². The molecule has 0 radical (unpaired) electrons. The van der Waals surface area contributed by atoms with Gasteiger partial charge in [0.1, 0.15) is 5.75 Å². The Morgan fingerprint density at radius 3 is 2.45 bits per heavy atom. The molecule has 0 fully saturated rings. The summed E-state index contributed by atoms with van der Waals surface area (Å²) < 4.78 is 31.1. The zero-order valence-corrected chi connectivity index (χ0v) is 12.3. The standard InChI is InChI=1S/C13H19NO5S/c1-10(11-5-7-12(19-2)8-6-11)14-20(17,18)9-3-4-13(15)16/h5-8,10,14H,3-4,9H2,1-2H3,(H,15,16)/t10-/m1/s1. The molecule has 0 bridgehead atoms. The number of sulfonamides is 1. The van der Waals surface area contributed by atoms with E-state index in [1.54, 1.807) is 38.3 Å². The monoisotopic (exact) mass is 301 g/mol. The van der Waals surface area contributed by atoms with Crippen LogP contribution in [0.2, 0.25) is 0 Å². The molecule has 1 atom stereocenters. The number of rotatable bonds is 8. The van der Waals surface area contributed by atoms with Crippen LogP contribution in [0.5, 0.6) is 5.75 Å². The molecule has 0 heterocycles. The Morgan fingerprint density at radius 2 is 1.95 bits per heavy atom. The lowest BCUT2D eigenvalue weighted by Crippen LogP contribution is -2.29. The van der Waals surface area contributed by atoms with E-state index in [0.717, 1.165) is 5.56 Å². The van der Waals surface area contributed by atoms with Crippen LogP contribution < -0.4 is 9.46 Å². The molecule has 1 aromatic rings. The number of hydrogen-bond acceptors (Lipinski definition) is 4. The van der Waals surface area contributed by atoms with E-state index in [0.29, 0.717) is 5.75 Å². The van der Waals surface area contributed by atoms with Crippen molar-refractivity contribution in [1.29, 1.82) is 0 Å². The molecule has 0 amide bonds. The molecule has 1 rings (SSSR count). The lowest BCUT2D eigenvalue weighted by Gasteiger charge is -2.14. The smallest absolute Gasteiger partial charge is 0.303 e. The highest BCUT2D eigenvalue weighted by atomic mass is 32.2. The number of carbonyl (C=O) groups is 1. The first-order valence-corrected chi connectivity index (χ1v) is 7.85. The predicted octanol–water partition coefficient (Wildman–Crippen LogP) is 1.54. The highest BCUT2D eigenvalue weighted by Crippen LogP contribution is 2.18. The molecule has 1 aromatic carbocycles. The molecular formula is C13H19NO5S. The minimum absolute atomic E-state index is 0.0972. The first kappa shape index (κ1) is 16.5. The van der Waals surface area contributed by atoms with E-state index in [1.807, 2.05) is 0 Å². The molecular weight excluding hydrogens is 282 g/mol. The van der Waals surface area contributed by atoms with Gasteiger partial charge in [-0.25, -0.2) is 13.1 Å². The fourth-order valence-corrected chi connectivity index (χ4v) is 3.02. The van der Waals surface area contributed by atoms with Gasteiger partial charge in [0.05, 0.1) is 12.9 Å². The van der Waals surface area contributed by atoms with Crippen LogP contribution in [0.3, 0.4) is 0 Å². The summed E-state index contributed by atoms with van der Waals surface area (Å²) in [5.74, 6) is -0.492. The first-order chi connectivity index (χ1) is 9.34. The molecule has 0 aliphatic rings. The molecule has 0 unspecified atom stereocenters. The van der Waals surface area contributed by atoms with Crippen molar-refractivity contribution in [2.24, 2.45) is 0 Å². The summed E-state index contributed by atoms with van der Waals surface area (Å²) in [6.07, 6.45) is -0.0577. The molecule has 0 aromatic heterocycles. The van der Waals surface area contributed by atoms with Crippen molar-refractivity contribution in [3.63, 3.8) is 0 Å². The van der Waals surface area contributed by atoms with Crippen LogP contribution in [-0.2, 0) is 14.8 Å². The fraction of sp³-hybridized carbons (Fsp3) is 0.462. The SMILES string of the molecule is COc1ccc([C@@H](C)NS(=O)(=O)CCCC(=O)O)cc1. The molecule has 0 spiro atoms. The largest absolute Gasteiger partial charge is 0.497 e. The van der Waals surface area contributed by atoms with Gasteiger partial charge in [0.15, 0.2) is 0 Å². The molecule has 0 saturated heterocycles. The minimum atomic E-state index is -3.48. The highest BCUT2D eigenvalue weighted by Gasteiger charge is 2.16. The van der Waals surface area contributed by atoms with Gasteiger partial charge in [0.2, 0.25) is 10.0 Å². The van der Waals surface area contributed by atoms with Crippen LogP contribution in [0, 0.1) is 0 Å². The number of nitrogens with one attached hydrogen (secondary N) is 1. The van der Waals surface area contributed by atoms with E-state index < -0.39 is 16.0 Å². The summed E-state index contributed by atoms with van der Waals surface area (Å²) in [7, 11) is -1.93. The third kappa shape index (κ3) is 5.58. The number of carboxylic acid groups (broad SMARTS) is 1. The number of hydrogen-bond donors (Lipinski definition) is 2. The van der Waals surface area contributed by atoms with Gasteiger partial charge in [-0.05, 0) is 31.0 Å². The van der Waals surface area contributed by atoms with Crippen molar-refractivity contribution < 1.29 is 23.1 Å². The molecule has 112 valence electrons. The Labute approximate surface area is 118 Å². The normalized spacial score (nSPS) is 12.9. The Bertz CT molecular complexity index is 538. The molecule has 0 aliphatic heterocycles. The van der Waals surface area contributed by atoms with Gasteiger partial charge < -0.3 is 9.84 Å². The molecule has 20 heavy (non-hydrogen) atoms. The van der Waals surface area contributed by atoms with Gasteiger partial charge in [-0.3, -0.25) is 4.79 Å². The topological polar surface area (TPSA) is 92.7 Å². The summed E-state index contributed by atoms with van der Waals surface area (Å²) in [5.41, 5.74) is 0.813. The zero-order valence-electron chi connectivity index (χ0n) is 11.5. The second-order valence-corrected chi connectivity index (χ2v) is 6.30. The number of methoxy groups -OCH3 is 1. The van der Waals surface area contributed by atoms with Gasteiger partial charge in [0.25, 0.3) is 0 Å². The van der Waals surface area contributed by atoms with E-state index in [9.17, 15) is 13.2 Å². The Hall–Kier alpha value is -1.60. The van der Waals surface area contributed by atoms with Gasteiger partial charge in [-0.15, -0.1) is 0 Å². The average Bonchev–Trinajstić information content (AvgIpc) is 2.37. The maximum absolute atomic E-state index is 11.8. The Morgan fingerprint density at radius 1 is 1.35 bits per heavy atom. The second kappa shape index (κ2) is 7.25. The quantitative estimate of drug-likeness (QED) is 0.760. The summed E-state index contributed by atoms with van der Waals surface area (Å²) >= 11 is 0. The van der Waals surface area contributed by atoms with Crippen molar-refractivity contribution in [1.82, 2.24) is 4.72 Å². The molecule has 0 aliphatic carbocycles. The van der Waals surface area contributed by atoms with E-state index in [-0.39, 0.29) is 24.6 Å². The molecule has 6 nitrogen and oxygen atoms in total. The number of carboxylic acids is 1. The van der Waals surface area contributed by atoms with Gasteiger partial charge >= 0.3 is 5.97 Å². The number of ether oxygens (including phenoxy) is 1. The van der Waals surface area contributed by atoms with Crippen molar-refractivity contribution in [2.75, 3.05) is 12.9 Å². The zero-order chi connectivity index (χ0) is 15.2. The number of aliphatic carboxylic acids is 1. The van der Waals surface area contributed by atoms with E-state index in [1.165, 1.54) is 0 Å². The Kier molecular flexibility index (Phi) is 5.97. The minimum Gasteiger partial charge on any atom is -0.497 e. The van der Waals surface area contributed by atoms with Crippen molar-refractivity contribution >= 4 is 16.0 Å². The molecule has 7 heteroatoms. The van der Waals surface area contributed by atoms with Crippen LogP contribution >= 0.6 is 0 Å². The third-order valence-electron chi connectivity index (χ3n) is 2.78. The molecule has 0 saturated carbocycles. The van der Waals surface area contributed by atoms with E-state index >= 15 is 0 Å². The third-order valence-corrected chi connectivity index (χ3v) is 4.31.